The van der Waals surface area contributed by atoms with Gasteiger partial charge >= 0.3 is 0 Å². The number of benzene rings is 1. The molecule has 146 valence electrons. The molecule has 0 saturated carbocycles. The summed E-state index contributed by atoms with van der Waals surface area (Å²) in [6.07, 6.45) is 0.683. The third kappa shape index (κ3) is 6.06. The zero-order valence-electron chi connectivity index (χ0n) is 14.3. The first-order valence-electron chi connectivity index (χ1n) is 8.03. The zero-order valence-corrected chi connectivity index (χ0v) is 17.4. The van der Waals surface area contributed by atoms with Gasteiger partial charge in [0.05, 0.1) is 22.3 Å². The van der Waals surface area contributed by atoms with Crippen molar-refractivity contribution < 1.29 is 13.2 Å². The van der Waals surface area contributed by atoms with Gasteiger partial charge in [-0.15, -0.1) is 0 Å². The lowest BCUT2D eigenvalue weighted by Crippen LogP contribution is -2.43. The van der Waals surface area contributed by atoms with E-state index in [0.29, 0.717) is 66.0 Å². The molecule has 0 spiro atoms. The summed E-state index contributed by atoms with van der Waals surface area (Å²) in [5.41, 5.74) is 0. The van der Waals surface area contributed by atoms with Gasteiger partial charge in [0.2, 0.25) is 10.0 Å². The van der Waals surface area contributed by atoms with Crippen LogP contribution in [0.4, 0.5) is 0 Å². The van der Waals surface area contributed by atoms with Gasteiger partial charge in [-0.3, -0.25) is 4.99 Å². The van der Waals surface area contributed by atoms with E-state index < -0.39 is 10.0 Å². The van der Waals surface area contributed by atoms with Gasteiger partial charge < -0.3 is 15.4 Å². The summed E-state index contributed by atoms with van der Waals surface area (Å²) in [6.45, 7) is 2.22. The van der Waals surface area contributed by atoms with Gasteiger partial charge in [0.25, 0.3) is 0 Å². The number of guanidine groups is 1. The molecule has 1 heterocycles. The minimum atomic E-state index is -3.08. The summed E-state index contributed by atoms with van der Waals surface area (Å²) in [7, 11) is -1.44. The van der Waals surface area contributed by atoms with Crippen molar-refractivity contribution in [2.45, 2.75) is 6.42 Å². The highest BCUT2D eigenvalue weighted by atomic mass is 35.5. The van der Waals surface area contributed by atoms with Crippen LogP contribution in [0.25, 0.3) is 0 Å². The number of ether oxygens (including phenoxy) is 1. The van der Waals surface area contributed by atoms with Crippen LogP contribution < -0.4 is 15.4 Å². The molecule has 0 atom stereocenters. The Morgan fingerprint density at radius 1 is 1.23 bits per heavy atom. The summed E-state index contributed by atoms with van der Waals surface area (Å²) >= 11 is 18.0. The third-order valence-corrected chi connectivity index (χ3v) is 6.42. The molecule has 0 aliphatic carbocycles. The average Bonchev–Trinajstić information content (AvgIpc) is 2.90. The fourth-order valence-corrected chi connectivity index (χ4v) is 4.91. The Morgan fingerprint density at radius 2 is 1.88 bits per heavy atom. The second kappa shape index (κ2) is 9.85. The quantitative estimate of drug-likeness (QED) is 0.383. The highest BCUT2D eigenvalue weighted by molar-refractivity contribution is 7.89. The molecule has 0 bridgehead atoms. The number of hydrogen-bond donors (Lipinski definition) is 2. The van der Waals surface area contributed by atoms with Crippen molar-refractivity contribution in [2.75, 3.05) is 45.6 Å². The third-order valence-electron chi connectivity index (χ3n) is 3.68. The molecule has 0 aromatic heterocycles. The normalized spacial score (nSPS) is 17.3. The van der Waals surface area contributed by atoms with E-state index in [1.807, 2.05) is 0 Å². The first-order valence-corrected chi connectivity index (χ1v) is 10.8. The molecule has 1 fully saturated rings. The number of sulfonamides is 1. The number of aliphatic imine (C=N–C) groups is 1. The van der Waals surface area contributed by atoms with Crippen molar-refractivity contribution in [3.63, 3.8) is 0 Å². The van der Waals surface area contributed by atoms with E-state index in [9.17, 15) is 8.42 Å². The summed E-state index contributed by atoms with van der Waals surface area (Å²) in [5.74, 6) is 1.16. The van der Waals surface area contributed by atoms with E-state index in [1.165, 1.54) is 4.31 Å². The van der Waals surface area contributed by atoms with Crippen LogP contribution in [0.2, 0.25) is 15.1 Å². The molecule has 0 radical (unpaired) electrons. The Morgan fingerprint density at radius 3 is 2.46 bits per heavy atom. The Hall–Kier alpha value is -0.930. The molecule has 2 N–H and O–H groups in total. The number of halogens is 3. The molecule has 1 saturated heterocycles. The Kier molecular flexibility index (Phi) is 8.09. The molecule has 1 aliphatic heterocycles. The second-order valence-corrected chi connectivity index (χ2v) is 8.88. The zero-order chi connectivity index (χ0) is 19.2. The molecular weight excluding hydrogens is 423 g/mol. The molecule has 1 aromatic rings. The van der Waals surface area contributed by atoms with Crippen LogP contribution in [-0.4, -0.2) is 64.3 Å². The number of hydrogen-bond acceptors (Lipinski definition) is 4. The summed E-state index contributed by atoms with van der Waals surface area (Å²) in [5, 5.41) is 7.27. The maximum absolute atomic E-state index is 11.7. The molecule has 26 heavy (non-hydrogen) atoms. The standard InChI is InChI=1S/C15H21Cl3N4O3S/c1-19-15(20-3-6-22-5-2-8-26(22,23)24)21-4-7-25-14-12(17)9-11(16)10-13(14)18/h9-10H,2-8H2,1H3,(H2,19,20,21). The summed E-state index contributed by atoms with van der Waals surface area (Å²) in [6, 6.07) is 3.12. The molecule has 7 nitrogen and oxygen atoms in total. The minimum absolute atomic E-state index is 0.229. The predicted octanol–water partition coefficient (Wildman–Crippen LogP) is 2.23. The molecule has 1 aliphatic rings. The van der Waals surface area contributed by atoms with Crippen LogP contribution in [-0.2, 0) is 10.0 Å². The van der Waals surface area contributed by atoms with Gasteiger partial charge in [-0.1, -0.05) is 34.8 Å². The van der Waals surface area contributed by atoms with Gasteiger partial charge in [-0.2, -0.15) is 0 Å². The van der Waals surface area contributed by atoms with Crippen molar-refractivity contribution in [3.8, 4) is 5.75 Å². The summed E-state index contributed by atoms with van der Waals surface area (Å²) < 4.78 is 30.5. The van der Waals surface area contributed by atoms with Crippen LogP contribution in [0.5, 0.6) is 5.75 Å². The van der Waals surface area contributed by atoms with E-state index >= 15 is 0 Å². The lowest BCUT2D eigenvalue weighted by molar-refractivity contribution is 0.322. The van der Waals surface area contributed by atoms with Crippen LogP contribution in [0.15, 0.2) is 17.1 Å². The highest BCUT2D eigenvalue weighted by Crippen LogP contribution is 2.35. The maximum Gasteiger partial charge on any atom is 0.214 e. The number of nitrogens with one attached hydrogen (secondary N) is 2. The SMILES string of the molecule is CN=C(NCCOc1c(Cl)cc(Cl)cc1Cl)NCCN1CCCS1(=O)=O. The monoisotopic (exact) mass is 442 g/mol. The number of rotatable bonds is 7. The lowest BCUT2D eigenvalue weighted by Gasteiger charge is -2.17. The van der Waals surface area contributed by atoms with Gasteiger partial charge in [-0.05, 0) is 18.6 Å². The fraction of sp³-hybridized carbons (Fsp3) is 0.533. The fourth-order valence-electron chi connectivity index (χ4n) is 2.45. The van der Waals surface area contributed by atoms with Crippen molar-refractivity contribution in [3.05, 3.63) is 27.2 Å². The van der Waals surface area contributed by atoms with Crippen LogP contribution in [0.1, 0.15) is 6.42 Å². The lowest BCUT2D eigenvalue weighted by atomic mass is 10.3. The molecular formula is C15H21Cl3N4O3S. The van der Waals surface area contributed by atoms with Gasteiger partial charge in [0.1, 0.15) is 6.61 Å². The average molecular weight is 444 g/mol. The molecule has 0 unspecified atom stereocenters. The van der Waals surface area contributed by atoms with E-state index in [2.05, 4.69) is 15.6 Å². The number of nitrogens with zero attached hydrogens (tertiary/aromatic N) is 2. The second-order valence-electron chi connectivity index (χ2n) is 5.54. The predicted molar refractivity (Wildman–Crippen MR) is 106 cm³/mol. The van der Waals surface area contributed by atoms with Crippen molar-refractivity contribution in [2.24, 2.45) is 4.99 Å². The van der Waals surface area contributed by atoms with Crippen LogP contribution in [0.3, 0.4) is 0 Å². The summed E-state index contributed by atoms with van der Waals surface area (Å²) in [4.78, 5) is 4.08. The first kappa shape index (κ1) is 21.4. The Labute approximate surface area is 168 Å². The highest BCUT2D eigenvalue weighted by Gasteiger charge is 2.27. The largest absolute Gasteiger partial charge is 0.489 e. The van der Waals surface area contributed by atoms with E-state index in [1.54, 1.807) is 19.2 Å². The van der Waals surface area contributed by atoms with E-state index in [0.717, 1.165) is 0 Å². The van der Waals surface area contributed by atoms with Gasteiger partial charge in [-0.25, -0.2) is 12.7 Å². The molecule has 0 amide bonds. The smallest absolute Gasteiger partial charge is 0.214 e. The van der Waals surface area contributed by atoms with Crippen LogP contribution >= 0.6 is 34.8 Å². The molecule has 1 aromatic carbocycles. The van der Waals surface area contributed by atoms with Gasteiger partial charge in [0.15, 0.2) is 11.7 Å². The van der Waals surface area contributed by atoms with Crippen molar-refractivity contribution in [1.29, 1.82) is 0 Å². The van der Waals surface area contributed by atoms with Crippen LogP contribution in [0, 0.1) is 0 Å². The van der Waals surface area contributed by atoms with E-state index in [-0.39, 0.29) is 5.75 Å². The molecule has 11 heteroatoms. The van der Waals surface area contributed by atoms with E-state index in [4.69, 9.17) is 39.5 Å². The maximum atomic E-state index is 11.7. The van der Waals surface area contributed by atoms with Crippen molar-refractivity contribution in [1.82, 2.24) is 14.9 Å². The minimum Gasteiger partial charge on any atom is -0.489 e. The Bertz CT molecular complexity index is 735. The molecule has 2 rings (SSSR count). The first-order chi connectivity index (χ1) is 12.3. The topological polar surface area (TPSA) is 83.0 Å². The van der Waals surface area contributed by atoms with Gasteiger partial charge in [0, 0.05) is 31.7 Å². The van der Waals surface area contributed by atoms with Crippen molar-refractivity contribution >= 4 is 50.8 Å². The Balaban J connectivity index is 1.71.